The Hall–Kier alpha value is -2.97. The van der Waals surface area contributed by atoms with Gasteiger partial charge in [-0.3, -0.25) is 14.9 Å². The second kappa shape index (κ2) is 5.57. The Morgan fingerprint density at radius 3 is 2.86 bits per heavy atom. The van der Waals surface area contributed by atoms with Crippen LogP contribution in [0.1, 0.15) is 12.7 Å². The molecule has 9 heteroatoms. The van der Waals surface area contributed by atoms with E-state index in [4.69, 9.17) is 0 Å². The number of aromatic nitrogens is 2. The van der Waals surface area contributed by atoms with Gasteiger partial charge < -0.3 is 4.74 Å². The lowest BCUT2D eigenvalue weighted by Crippen LogP contribution is -2.35. The van der Waals surface area contributed by atoms with Gasteiger partial charge in [0, 0.05) is 12.1 Å². The lowest BCUT2D eigenvalue weighted by atomic mass is 10.2. The van der Waals surface area contributed by atoms with E-state index in [0.717, 1.165) is 10.7 Å². The van der Waals surface area contributed by atoms with E-state index in [1.165, 1.54) is 19.1 Å². The van der Waals surface area contributed by atoms with Crippen molar-refractivity contribution in [3.8, 4) is 0 Å². The Labute approximate surface area is 118 Å². The summed E-state index contributed by atoms with van der Waals surface area (Å²) in [6, 6.07) is 3.77. The van der Waals surface area contributed by atoms with Gasteiger partial charge in [0.1, 0.15) is 5.82 Å². The number of amides is 1. The number of nitro benzene ring substituents is 1. The molecule has 9 nitrogen and oxygen atoms in total. The summed E-state index contributed by atoms with van der Waals surface area (Å²) in [6.07, 6.45) is -0.811. The number of rotatable bonds is 3. The molecule has 2 rings (SSSR count). The molecule has 21 heavy (non-hydrogen) atoms. The van der Waals surface area contributed by atoms with Crippen LogP contribution in [0.3, 0.4) is 0 Å². The fraction of sp³-hybridized carbons (Fsp3) is 0.250. The Bertz CT molecular complexity index is 783. The summed E-state index contributed by atoms with van der Waals surface area (Å²) in [6.45, 7) is 3.29. The van der Waals surface area contributed by atoms with Crippen LogP contribution >= 0.6 is 0 Å². The van der Waals surface area contributed by atoms with E-state index in [0.29, 0.717) is 5.52 Å². The van der Waals surface area contributed by atoms with Crippen molar-refractivity contribution in [3.63, 3.8) is 0 Å². The van der Waals surface area contributed by atoms with Gasteiger partial charge in [-0.25, -0.2) is 15.2 Å². The summed E-state index contributed by atoms with van der Waals surface area (Å²) < 4.78 is 5.58. The largest absolute Gasteiger partial charge is 0.449 e. The van der Waals surface area contributed by atoms with E-state index in [2.05, 4.69) is 15.1 Å². The van der Waals surface area contributed by atoms with E-state index in [1.54, 1.807) is 6.92 Å². The van der Waals surface area contributed by atoms with Crippen LogP contribution in [0.15, 0.2) is 23.0 Å². The van der Waals surface area contributed by atoms with E-state index in [-0.39, 0.29) is 23.5 Å². The van der Waals surface area contributed by atoms with Gasteiger partial charge in [-0.15, -0.1) is 0 Å². The number of ether oxygens (including phenoxy) is 1. The lowest BCUT2D eigenvalue weighted by Gasteiger charge is -2.11. The number of hydrogen-bond donors (Lipinski definition) is 1. The first-order valence-corrected chi connectivity index (χ1v) is 6.05. The number of carbonyl (C=O) groups excluding carboxylic acids is 1. The van der Waals surface area contributed by atoms with Crippen LogP contribution in [-0.4, -0.2) is 27.3 Å². The smallest absolute Gasteiger partial charge is 0.426 e. The van der Waals surface area contributed by atoms with Crippen molar-refractivity contribution in [2.75, 3.05) is 12.0 Å². The van der Waals surface area contributed by atoms with Gasteiger partial charge in [-0.05, 0) is 19.9 Å². The zero-order valence-corrected chi connectivity index (χ0v) is 11.3. The molecule has 0 aliphatic carbocycles. The average Bonchev–Trinajstić information content (AvgIpc) is 2.43. The van der Waals surface area contributed by atoms with E-state index < -0.39 is 16.6 Å². The molecule has 0 atom stereocenters. The minimum Gasteiger partial charge on any atom is -0.449 e. The first kappa shape index (κ1) is 14.4. The first-order chi connectivity index (χ1) is 9.93. The molecule has 0 saturated carbocycles. The molecule has 0 unspecified atom stereocenters. The van der Waals surface area contributed by atoms with Gasteiger partial charge in [-0.1, -0.05) is 0 Å². The van der Waals surface area contributed by atoms with Crippen LogP contribution < -0.4 is 11.0 Å². The predicted molar refractivity (Wildman–Crippen MR) is 73.8 cm³/mol. The molecule has 0 fully saturated rings. The maximum Gasteiger partial charge on any atom is 0.426 e. The SMILES string of the molecule is CCOC(=O)Nn1c(C)nc2ccc([N+](=O)[O-])cc2c1=O. The third-order valence-corrected chi connectivity index (χ3v) is 2.71. The zero-order valence-electron chi connectivity index (χ0n) is 11.3. The average molecular weight is 292 g/mol. The van der Waals surface area contributed by atoms with Gasteiger partial charge in [0.25, 0.3) is 11.2 Å². The molecule has 0 aliphatic heterocycles. The van der Waals surface area contributed by atoms with Gasteiger partial charge in [0.2, 0.25) is 0 Å². The topological polar surface area (TPSA) is 116 Å². The highest BCUT2D eigenvalue weighted by Crippen LogP contribution is 2.16. The third kappa shape index (κ3) is 2.81. The van der Waals surface area contributed by atoms with Crippen molar-refractivity contribution in [2.45, 2.75) is 13.8 Å². The highest BCUT2D eigenvalue weighted by Gasteiger charge is 2.14. The van der Waals surface area contributed by atoms with Crippen molar-refractivity contribution in [3.05, 3.63) is 44.5 Å². The Morgan fingerprint density at radius 1 is 1.52 bits per heavy atom. The Balaban J connectivity index is 2.59. The van der Waals surface area contributed by atoms with Crippen LogP contribution in [0.25, 0.3) is 10.9 Å². The van der Waals surface area contributed by atoms with E-state index in [1.807, 2.05) is 0 Å². The maximum absolute atomic E-state index is 12.3. The monoisotopic (exact) mass is 292 g/mol. The molecule has 1 amide bonds. The quantitative estimate of drug-likeness (QED) is 0.673. The highest BCUT2D eigenvalue weighted by molar-refractivity contribution is 5.81. The second-order valence-corrected chi connectivity index (χ2v) is 4.09. The van der Waals surface area contributed by atoms with Crippen LogP contribution in [0.2, 0.25) is 0 Å². The van der Waals surface area contributed by atoms with Crippen molar-refractivity contribution < 1.29 is 14.5 Å². The number of nitrogens with zero attached hydrogens (tertiary/aromatic N) is 3. The zero-order chi connectivity index (χ0) is 15.6. The van der Waals surface area contributed by atoms with Crippen LogP contribution in [0, 0.1) is 17.0 Å². The van der Waals surface area contributed by atoms with Crippen LogP contribution in [-0.2, 0) is 4.74 Å². The highest BCUT2D eigenvalue weighted by atomic mass is 16.6. The maximum atomic E-state index is 12.3. The van der Waals surface area contributed by atoms with Crippen molar-refractivity contribution in [1.82, 2.24) is 9.66 Å². The predicted octanol–water partition coefficient (Wildman–Crippen LogP) is 1.31. The number of aryl methyl sites for hydroxylation is 1. The fourth-order valence-electron chi connectivity index (χ4n) is 1.78. The number of nitro groups is 1. The summed E-state index contributed by atoms with van der Waals surface area (Å²) in [5, 5.41) is 10.8. The van der Waals surface area contributed by atoms with Gasteiger partial charge in [0.15, 0.2) is 0 Å². The van der Waals surface area contributed by atoms with E-state index in [9.17, 15) is 19.7 Å². The first-order valence-electron chi connectivity index (χ1n) is 6.05. The number of benzene rings is 1. The van der Waals surface area contributed by atoms with Gasteiger partial charge >= 0.3 is 6.09 Å². The summed E-state index contributed by atoms with van der Waals surface area (Å²) in [4.78, 5) is 38.0. The number of non-ortho nitro benzene ring substituents is 1. The third-order valence-electron chi connectivity index (χ3n) is 2.71. The number of carbonyl (C=O) groups is 1. The van der Waals surface area contributed by atoms with Gasteiger partial charge in [0.05, 0.1) is 22.4 Å². The molecule has 0 radical (unpaired) electrons. The molecule has 1 heterocycles. The number of fused-ring (bicyclic) bond motifs is 1. The normalized spacial score (nSPS) is 10.4. The molecule has 110 valence electrons. The van der Waals surface area contributed by atoms with Crippen LogP contribution in [0.4, 0.5) is 10.5 Å². The van der Waals surface area contributed by atoms with Crippen molar-refractivity contribution >= 4 is 22.7 Å². The lowest BCUT2D eigenvalue weighted by molar-refractivity contribution is -0.384. The minimum atomic E-state index is -0.811. The summed E-state index contributed by atoms with van der Waals surface area (Å²) in [5.41, 5.74) is 1.70. The van der Waals surface area contributed by atoms with Crippen molar-refractivity contribution in [1.29, 1.82) is 0 Å². The molecule has 2 aromatic rings. The molecular formula is C12H12N4O5. The minimum absolute atomic E-state index is 0.0339. The molecule has 0 saturated heterocycles. The molecule has 1 aromatic heterocycles. The van der Waals surface area contributed by atoms with E-state index >= 15 is 0 Å². The molecule has 0 bridgehead atoms. The summed E-state index contributed by atoms with van der Waals surface area (Å²) >= 11 is 0. The summed E-state index contributed by atoms with van der Waals surface area (Å²) in [7, 11) is 0. The standard InChI is InChI=1S/C12H12N4O5/c1-3-21-12(18)14-15-7(2)13-10-5-4-8(16(19)20)6-9(10)11(15)17/h4-6H,3H2,1-2H3,(H,14,18). The molecule has 0 aliphatic rings. The van der Waals surface area contributed by atoms with Crippen molar-refractivity contribution in [2.24, 2.45) is 0 Å². The van der Waals surface area contributed by atoms with Gasteiger partial charge in [-0.2, -0.15) is 4.68 Å². The van der Waals surface area contributed by atoms with Crippen LogP contribution in [0.5, 0.6) is 0 Å². The Morgan fingerprint density at radius 2 is 2.24 bits per heavy atom. The Kier molecular flexibility index (Phi) is 3.83. The number of hydrogen-bond acceptors (Lipinski definition) is 6. The molecule has 0 spiro atoms. The fourth-order valence-corrected chi connectivity index (χ4v) is 1.78. The molecule has 1 N–H and O–H groups in total. The second-order valence-electron chi connectivity index (χ2n) is 4.09. The molecule has 1 aromatic carbocycles. The summed E-state index contributed by atoms with van der Waals surface area (Å²) in [5.74, 6) is 0.231. The number of nitrogens with one attached hydrogen (secondary N) is 1. The molecular weight excluding hydrogens is 280 g/mol.